The summed E-state index contributed by atoms with van der Waals surface area (Å²) in [6, 6.07) is 11.4. The second-order valence-electron chi connectivity index (χ2n) is 6.52. The summed E-state index contributed by atoms with van der Waals surface area (Å²) < 4.78 is 29.5. The van der Waals surface area contributed by atoms with Crippen molar-refractivity contribution in [2.75, 3.05) is 10.0 Å². The Hall–Kier alpha value is -3.70. The number of nitrogens with one attached hydrogen (secondary N) is 2. The number of hydrogen-bond acceptors (Lipinski definition) is 8. The maximum atomic E-state index is 12.8. The van der Waals surface area contributed by atoms with E-state index in [1.165, 1.54) is 29.2 Å². The molecule has 2 heterocycles. The summed E-state index contributed by atoms with van der Waals surface area (Å²) in [6.45, 7) is -0.293. The molecule has 0 aliphatic carbocycles. The standard InChI is InChI=1S/C19H18N6O4S/c1-25-9-17(20-11-25)30(28,29)24-19-18(21-14-4-2-3-5-15(14)22-19)23-16-8-13(27)7-6-12(16)10-26/h2-9,11,26-27H,10H2,1H3,(H,21,23)(H,22,24). The van der Waals surface area contributed by atoms with Crippen LogP contribution in [0.15, 0.2) is 60.0 Å². The molecule has 0 spiro atoms. The molecule has 10 nitrogen and oxygen atoms in total. The van der Waals surface area contributed by atoms with Crippen molar-refractivity contribution in [1.29, 1.82) is 0 Å². The molecule has 0 bridgehead atoms. The number of imidazole rings is 1. The third-order valence-electron chi connectivity index (χ3n) is 4.27. The smallest absolute Gasteiger partial charge is 0.282 e. The molecule has 0 fully saturated rings. The Morgan fingerprint density at radius 1 is 1.07 bits per heavy atom. The second-order valence-corrected chi connectivity index (χ2v) is 8.15. The Bertz CT molecular complexity index is 1340. The lowest BCUT2D eigenvalue weighted by Gasteiger charge is -2.15. The average molecular weight is 426 g/mol. The minimum Gasteiger partial charge on any atom is -0.508 e. The molecule has 0 amide bonds. The number of sulfonamides is 1. The van der Waals surface area contributed by atoms with E-state index in [4.69, 9.17) is 0 Å². The number of fused-ring (bicyclic) bond motifs is 1. The van der Waals surface area contributed by atoms with Gasteiger partial charge in [-0.15, -0.1) is 0 Å². The average Bonchev–Trinajstić information content (AvgIpc) is 3.16. The largest absolute Gasteiger partial charge is 0.508 e. The number of phenolic OH excluding ortho intramolecular Hbond substituents is 1. The highest BCUT2D eigenvalue weighted by atomic mass is 32.2. The molecular weight excluding hydrogens is 408 g/mol. The van der Waals surface area contributed by atoms with Gasteiger partial charge in [-0.1, -0.05) is 18.2 Å². The molecule has 0 saturated heterocycles. The van der Waals surface area contributed by atoms with Gasteiger partial charge in [0.25, 0.3) is 10.0 Å². The van der Waals surface area contributed by atoms with Crippen LogP contribution in [-0.2, 0) is 23.7 Å². The predicted molar refractivity (Wildman–Crippen MR) is 111 cm³/mol. The summed E-state index contributed by atoms with van der Waals surface area (Å²) in [7, 11) is -2.36. The zero-order chi connectivity index (χ0) is 21.3. The monoisotopic (exact) mass is 426 g/mol. The Balaban J connectivity index is 1.81. The highest BCUT2D eigenvalue weighted by molar-refractivity contribution is 7.92. The van der Waals surface area contributed by atoms with Crippen molar-refractivity contribution >= 4 is 38.4 Å². The minimum atomic E-state index is -4.02. The number of rotatable bonds is 6. The van der Waals surface area contributed by atoms with Crippen LogP contribution in [0.3, 0.4) is 0 Å². The fraction of sp³-hybridized carbons (Fsp3) is 0.105. The van der Waals surface area contributed by atoms with Crippen LogP contribution in [0.4, 0.5) is 17.3 Å². The number of aliphatic hydroxyl groups is 1. The van der Waals surface area contributed by atoms with E-state index in [2.05, 4.69) is 25.0 Å². The van der Waals surface area contributed by atoms with Crippen molar-refractivity contribution in [2.45, 2.75) is 11.6 Å². The van der Waals surface area contributed by atoms with Crippen molar-refractivity contribution in [3.8, 4) is 5.75 Å². The van der Waals surface area contributed by atoms with Gasteiger partial charge in [0.05, 0.1) is 24.0 Å². The van der Waals surface area contributed by atoms with Crippen molar-refractivity contribution in [3.63, 3.8) is 0 Å². The number of aromatic hydroxyl groups is 1. The third kappa shape index (κ3) is 3.88. The number of hydrogen-bond donors (Lipinski definition) is 4. The number of benzene rings is 2. The van der Waals surface area contributed by atoms with Crippen LogP contribution in [0.1, 0.15) is 5.56 Å². The van der Waals surface area contributed by atoms with Crippen molar-refractivity contribution < 1.29 is 18.6 Å². The maximum Gasteiger partial charge on any atom is 0.282 e. The molecule has 4 rings (SSSR count). The van der Waals surface area contributed by atoms with Gasteiger partial charge >= 0.3 is 0 Å². The lowest BCUT2D eigenvalue weighted by Crippen LogP contribution is -2.16. The predicted octanol–water partition coefficient (Wildman–Crippen LogP) is 2.11. The molecule has 2 aromatic heterocycles. The van der Waals surface area contributed by atoms with Crippen LogP contribution in [-0.4, -0.2) is 38.1 Å². The van der Waals surface area contributed by atoms with Crippen LogP contribution in [0, 0.1) is 0 Å². The zero-order valence-electron chi connectivity index (χ0n) is 15.8. The van der Waals surface area contributed by atoms with Gasteiger partial charge in [-0.25, -0.2) is 15.0 Å². The first-order chi connectivity index (χ1) is 14.4. The lowest BCUT2D eigenvalue weighted by molar-refractivity contribution is 0.282. The number of aliphatic hydroxyl groups excluding tert-OH is 1. The maximum absolute atomic E-state index is 12.8. The Labute approximate surface area is 171 Å². The summed E-state index contributed by atoms with van der Waals surface area (Å²) in [5.74, 6) is 0.0270. The van der Waals surface area contributed by atoms with E-state index < -0.39 is 10.0 Å². The number of aromatic nitrogens is 4. The molecule has 0 aliphatic rings. The van der Waals surface area contributed by atoms with Crippen LogP contribution < -0.4 is 10.0 Å². The molecule has 4 aromatic rings. The van der Waals surface area contributed by atoms with Crippen molar-refractivity contribution in [3.05, 3.63) is 60.6 Å². The summed E-state index contributed by atoms with van der Waals surface area (Å²) in [5.41, 5.74) is 1.87. The number of phenols is 1. The SMILES string of the molecule is Cn1cnc(S(=O)(=O)Nc2nc3ccccc3nc2Nc2cc(O)ccc2CO)c1. The number of para-hydroxylation sites is 2. The van der Waals surface area contributed by atoms with Gasteiger partial charge in [-0.05, 0) is 18.2 Å². The van der Waals surface area contributed by atoms with Gasteiger partial charge in [0.2, 0.25) is 0 Å². The summed E-state index contributed by atoms with van der Waals surface area (Å²) in [6.07, 6.45) is 2.74. The van der Waals surface area contributed by atoms with Crippen molar-refractivity contribution in [2.24, 2.45) is 7.05 Å². The van der Waals surface area contributed by atoms with Gasteiger partial charge < -0.3 is 20.1 Å². The van der Waals surface area contributed by atoms with E-state index in [0.29, 0.717) is 22.3 Å². The Kier molecular flexibility index (Phi) is 4.98. The summed E-state index contributed by atoms with van der Waals surface area (Å²) in [4.78, 5) is 12.7. The van der Waals surface area contributed by atoms with E-state index in [1.54, 1.807) is 37.4 Å². The fourth-order valence-electron chi connectivity index (χ4n) is 2.81. The third-order valence-corrected chi connectivity index (χ3v) is 5.50. The van der Waals surface area contributed by atoms with Crippen LogP contribution in [0.2, 0.25) is 0 Å². The first-order valence-electron chi connectivity index (χ1n) is 8.83. The van der Waals surface area contributed by atoms with Gasteiger partial charge in [-0.2, -0.15) is 8.42 Å². The van der Waals surface area contributed by atoms with Crippen LogP contribution >= 0.6 is 0 Å². The molecule has 0 atom stereocenters. The van der Waals surface area contributed by atoms with Gasteiger partial charge in [0, 0.05) is 30.6 Å². The Morgan fingerprint density at radius 3 is 2.40 bits per heavy atom. The number of nitrogens with zero attached hydrogens (tertiary/aromatic N) is 4. The van der Waals surface area contributed by atoms with Gasteiger partial charge in [-0.3, -0.25) is 4.72 Å². The minimum absolute atomic E-state index is 0.0286. The fourth-order valence-corrected chi connectivity index (χ4v) is 3.80. The summed E-state index contributed by atoms with van der Waals surface area (Å²) in [5, 5.41) is 22.2. The highest BCUT2D eigenvalue weighted by Crippen LogP contribution is 2.30. The molecule has 0 radical (unpaired) electrons. The first-order valence-corrected chi connectivity index (χ1v) is 10.3. The van der Waals surface area contributed by atoms with E-state index in [0.717, 1.165) is 0 Å². The highest BCUT2D eigenvalue weighted by Gasteiger charge is 2.21. The molecule has 11 heteroatoms. The Morgan fingerprint density at radius 2 is 1.77 bits per heavy atom. The van der Waals surface area contributed by atoms with Gasteiger partial charge in [0.15, 0.2) is 16.7 Å². The van der Waals surface area contributed by atoms with Crippen molar-refractivity contribution in [1.82, 2.24) is 19.5 Å². The molecule has 4 N–H and O–H groups in total. The van der Waals surface area contributed by atoms with E-state index in [-0.39, 0.29) is 29.0 Å². The quantitative estimate of drug-likeness (QED) is 0.367. The summed E-state index contributed by atoms with van der Waals surface area (Å²) >= 11 is 0. The normalized spacial score (nSPS) is 11.5. The molecule has 0 unspecified atom stereocenters. The van der Waals surface area contributed by atoms with Gasteiger partial charge in [0.1, 0.15) is 5.75 Å². The molecule has 30 heavy (non-hydrogen) atoms. The molecular formula is C19H18N6O4S. The number of aryl methyl sites for hydroxylation is 1. The van der Waals surface area contributed by atoms with E-state index in [1.807, 2.05) is 0 Å². The molecule has 0 saturated carbocycles. The van der Waals surface area contributed by atoms with E-state index >= 15 is 0 Å². The topological polar surface area (TPSA) is 142 Å². The molecule has 0 aliphatic heterocycles. The zero-order valence-corrected chi connectivity index (χ0v) is 16.6. The van der Waals surface area contributed by atoms with E-state index in [9.17, 15) is 18.6 Å². The second kappa shape index (κ2) is 7.61. The van der Waals surface area contributed by atoms with Crippen LogP contribution in [0.5, 0.6) is 5.75 Å². The molecule has 2 aromatic carbocycles. The number of anilines is 3. The lowest BCUT2D eigenvalue weighted by atomic mass is 10.2. The van der Waals surface area contributed by atoms with Crippen LogP contribution in [0.25, 0.3) is 11.0 Å². The molecule has 154 valence electrons. The first kappa shape index (κ1) is 19.6.